The van der Waals surface area contributed by atoms with Crippen LogP contribution < -0.4 is 9.47 Å². The number of nitrogens with zero attached hydrogens (tertiary/aromatic N) is 1. The van der Waals surface area contributed by atoms with Gasteiger partial charge in [0, 0.05) is 39.0 Å². The summed E-state index contributed by atoms with van der Waals surface area (Å²) in [7, 11) is 3.25. The minimum Gasteiger partial charge on any atom is -0.497 e. The molecule has 0 aromatic heterocycles. The number of amides is 1. The zero-order chi connectivity index (χ0) is 44.5. The highest BCUT2D eigenvalue weighted by molar-refractivity contribution is 6.10. The smallest absolute Gasteiger partial charge is 0.410 e. The van der Waals surface area contributed by atoms with E-state index < -0.39 is 34.0 Å². The normalized spacial score (nSPS) is 36.4. The number of ketones is 1. The van der Waals surface area contributed by atoms with Gasteiger partial charge in [0.1, 0.15) is 17.6 Å². The quantitative estimate of drug-likeness (QED) is 0.146. The van der Waals surface area contributed by atoms with E-state index in [0.29, 0.717) is 48.2 Å². The summed E-state index contributed by atoms with van der Waals surface area (Å²) in [5, 5.41) is 24.7. The Kier molecular flexibility index (Phi) is 11.3. The molecule has 11 atom stereocenters. The molecule has 0 aliphatic heterocycles. The zero-order valence-electron chi connectivity index (χ0n) is 38.6. The lowest BCUT2D eigenvalue weighted by atomic mass is 9.32. The number of aliphatic hydroxyl groups excluding tert-OH is 1. The van der Waals surface area contributed by atoms with Crippen molar-refractivity contribution in [2.75, 3.05) is 20.8 Å². The monoisotopic (exact) mass is 856 g/mol. The molecular weight excluding hydrogens is 787 g/mol. The van der Waals surface area contributed by atoms with E-state index in [4.69, 9.17) is 14.2 Å². The molecule has 1 amide bonds. The first kappa shape index (κ1) is 43.8. The predicted octanol–water partition coefficient (Wildman–Crippen LogP) is 11.2. The Morgan fingerprint density at radius 1 is 0.825 bits per heavy atom. The molecule has 2 N–H and O–H groups in total. The Morgan fingerprint density at radius 3 is 2.24 bits per heavy atom. The maximum absolute atomic E-state index is 15.3. The number of ether oxygens (including phenoxy) is 3. The summed E-state index contributed by atoms with van der Waals surface area (Å²) in [6, 6.07) is 23.9. The fraction of sp³-hybridized carbons (Fsp3) is 0.564. The molecule has 336 valence electrons. The Hall–Kier alpha value is -4.40. The number of aliphatic hydroxyl groups is 2. The van der Waals surface area contributed by atoms with Crippen molar-refractivity contribution in [3.8, 4) is 22.6 Å². The first-order valence-corrected chi connectivity index (χ1v) is 23.8. The first-order valence-electron chi connectivity index (χ1n) is 23.8. The van der Waals surface area contributed by atoms with Gasteiger partial charge in [0.05, 0.1) is 39.0 Å². The average Bonchev–Trinajstić information content (AvgIpc) is 3.55. The van der Waals surface area contributed by atoms with Crippen LogP contribution in [0.15, 0.2) is 96.6 Å². The molecule has 8 heteroatoms. The lowest BCUT2D eigenvalue weighted by Crippen LogP contribution is -2.67. The van der Waals surface area contributed by atoms with E-state index in [9.17, 15) is 15.0 Å². The molecule has 7 aliphatic carbocycles. The molecule has 4 saturated carbocycles. The van der Waals surface area contributed by atoms with Crippen molar-refractivity contribution in [2.45, 2.75) is 123 Å². The molecule has 3 aromatic carbocycles. The number of carbonyl (C=O) groups is 2. The van der Waals surface area contributed by atoms with Gasteiger partial charge < -0.3 is 29.3 Å². The predicted molar refractivity (Wildman–Crippen MR) is 246 cm³/mol. The second kappa shape index (κ2) is 16.2. The highest BCUT2D eigenvalue weighted by Crippen LogP contribution is 2.78. The number of allylic oxidation sites excluding steroid dienone is 4. The summed E-state index contributed by atoms with van der Waals surface area (Å²) in [5.74, 6) is 2.48. The molecule has 63 heavy (non-hydrogen) atoms. The standard InChI is InChI=1S/C55H69NO7/c1-35(2)43-20-13-36(3)29-46(43)63-50(59)56(33-40-18-19-42(61-6)30-45(40)62-7)34-54(60)26-23-48-52(54,5)25-22-47-51(4)24-21-41(57)31-53(51)27-28-55(47,48)44(32-53)49(58)39-16-14-38(15-17-39)37-11-9-8-10-12-37/h8-12,14-19,27-28,30,32,35-36,41,43,46-48,57,60H,13,20-26,29,31,33-34H2,1-7H3/t36-,41?,43+,46-,47+,48+,51+,52-,53-,54+,55+/m0/s1. The van der Waals surface area contributed by atoms with Gasteiger partial charge in [-0.3, -0.25) is 4.79 Å². The number of benzene rings is 3. The molecule has 7 aliphatic rings. The van der Waals surface area contributed by atoms with E-state index in [1.54, 1.807) is 19.1 Å². The molecule has 10 rings (SSSR count). The molecule has 0 heterocycles. The van der Waals surface area contributed by atoms with Crippen molar-refractivity contribution in [3.05, 3.63) is 108 Å². The van der Waals surface area contributed by atoms with Crippen LogP contribution in [0.1, 0.15) is 115 Å². The lowest BCUT2D eigenvalue weighted by Gasteiger charge is -2.71. The van der Waals surface area contributed by atoms with Gasteiger partial charge in [0.15, 0.2) is 5.78 Å². The molecule has 0 radical (unpaired) electrons. The molecule has 2 spiro atoms. The number of hydrogen-bond acceptors (Lipinski definition) is 7. The number of methoxy groups -OCH3 is 2. The fourth-order valence-corrected chi connectivity index (χ4v) is 14.3. The van der Waals surface area contributed by atoms with Gasteiger partial charge in [-0.1, -0.05) is 114 Å². The van der Waals surface area contributed by atoms with Gasteiger partial charge in [-0.15, -0.1) is 0 Å². The highest BCUT2D eigenvalue weighted by Gasteiger charge is 2.74. The molecule has 0 saturated heterocycles. The molecule has 1 unspecified atom stereocenters. The average molecular weight is 856 g/mol. The number of fused-ring (bicyclic) bond motifs is 1. The van der Waals surface area contributed by atoms with Gasteiger partial charge in [-0.05, 0) is 116 Å². The van der Waals surface area contributed by atoms with Crippen molar-refractivity contribution in [1.82, 2.24) is 4.90 Å². The van der Waals surface area contributed by atoms with Crippen LogP contribution in [-0.4, -0.2) is 65.6 Å². The maximum atomic E-state index is 15.3. The van der Waals surface area contributed by atoms with Gasteiger partial charge in [0.2, 0.25) is 0 Å². The van der Waals surface area contributed by atoms with Gasteiger partial charge in [0.25, 0.3) is 0 Å². The fourth-order valence-electron chi connectivity index (χ4n) is 14.3. The molecule has 3 aromatic rings. The Bertz CT molecular complexity index is 2270. The van der Waals surface area contributed by atoms with Crippen LogP contribution >= 0.6 is 0 Å². The van der Waals surface area contributed by atoms with Crippen LogP contribution in [0.5, 0.6) is 11.5 Å². The topological polar surface area (TPSA) is 106 Å². The number of rotatable bonds is 11. The van der Waals surface area contributed by atoms with Crippen molar-refractivity contribution in [3.63, 3.8) is 0 Å². The minimum absolute atomic E-state index is 0.0309. The number of carbonyl (C=O) groups excluding carboxylic acids is 2. The van der Waals surface area contributed by atoms with E-state index in [1.807, 2.05) is 60.7 Å². The SMILES string of the molecule is COc1ccc(CN(C[C@]2(O)CC[C@H]3[C@]45C=C[C@@]6(C=C4C(=O)c4ccc(-c7ccccc7)cc4)CC(O)CC[C@]6(C)[C@H]5CC[C@@]32C)C(=O)O[C@H]2C[C@@H](C)CC[C@@H]2C(C)C)c(OC)c1. The summed E-state index contributed by atoms with van der Waals surface area (Å²) in [6.45, 7) is 11.6. The summed E-state index contributed by atoms with van der Waals surface area (Å²) >= 11 is 0. The van der Waals surface area contributed by atoms with Crippen LogP contribution in [0.25, 0.3) is 11.1 Å². The number of hydrogen-bond donors (Lipinski definition) is 2. The van der Waals surface area contributed by atoms with E-state index in [2.05, 4.69) is 65.0 Å². The molecule has 8 nitrogen and oxygen atoms in total. The van der Waals surface area contributed by atoms with Gasteiger partial charge >= 0.3 is 6.09 Å². The third-order valence-electron chi connectivity index (χ3n) is 18.0. The van der Waals surface area contributed by atoms with Crippen LogP contribution in [-0.2, 0) is 11.3 Å². The lowest BCUT2D eigenvalue weighted by molar-refractivity contribution is -0.175. The van der Waals surface area contributed by atoms with Gasteiger partial charge in [-0.25, -0.2) is 4.79 Å². The van der Waals surface area contributed by atoms with Crippen LogP contribution in [0, 0.1) is 51.2 Å². The maximum Gasteiger partial charge on any atom is 0.410 e. The third kappa shape index (κ3) is 6.99. The second-order valence-electron chi connectivity index (χ2n) is 21.4. The molecular formula is C55H69NO7. The van der Waals surface area contributed by atoms with E-state index in [1.165, 1.54) is 0 Å². The summed E-state index contributed by atoms with van der Waals surface area (Å²) < 4.78 is 18.0. The first-order chi connectivity index (χ1) is 30.1. The van der Waals surface area contributed by atoms with Crippen LogP contribution in [0.3, 0.4) is 0 Å². The van der Waals surface area contributed by atoms with Crippen LogP contribution in [0.4, 0.5) is 4.79 Å². The Balaban J connectivity index is 1.09. The summed E-state index contributed by atoms with van der Waals surface area (Å²) in [4.78, 5) is 31.9. The largest absolute Gasteiger partial charge is 0.497 e. The van der Waals surface area contributed by atoms with Crippen molar-refractivity contribution in [2.24, 2.45) is 51.2 Å². The Labute approximate surface area is 375 Å². The van der Waals surface area contributed by atoms with Gasteiger partial charge in [-0.2, -0.15) is 0 Å². The summed E-state index contributed by atoms with van der Waals surface area (Å²) in [6.07, 6.45) is 13.9. The van der Waals surface area contributed by atoms with Crippen molar-refractivity contribution < 1.29 is 34.0 Å². The molecule has 2 bridgehead atoms. The number of Topliss-reactive ketones (excluding diaryl/α,β-unsaturated/α-hetero) is 1. The minimum atomic E-state index is -1.28. The zero-order valence-corrected chi connectivity index (χ0v) is 38.6. The van der Waals surface area contributed by atoms with E-state index in [-0.39, 0.29) is 48.1 Å². The third-order valence-corrected chi connectivity index (χ3v) is 18.0. The van der Waals surface area contributed by atoms with Crippen molar-refractivity contribution >= 4 is 11.9 Å². The Morgan fingerprint density at radius 2 is 1.52 bits per heavy atom. The van der Waals surface area contributed by atoms with Crippen molar-refractivity contribution in [1.29, 1.82) is 0 Å². The van der Waals surface area contributed by atoms with E-state index >= 15 is 4.79 Å². The van der Waals surface area contributed by atoms with Crippen LogP contribution in [0.2, 0.25) is 0 Å². The molecule has 4 fully saturated rings. The second-order valence-corrected chi connectivity index (χ2v) is 21.4. The highest BCUT2D eigenvalue weighted by atomic mass is 16.6. The van der Waals surface area contributed by atoms with E-state index in [0.717, 1.165) is 67.2 Å². The summed E-state index contributed by atoms with van der Waals surface area (Å²) in [5.41, 5.74) is 1.30.